The Kier molecular flexibility index (Phi) is 3.73. The fourth-order valence-electron chi connectivity index (χ4n) is 3.26. The number of nitrogens with zero attached hydrogens (tertiary/aromatic N) is 1. The summed E-state index contributed by atoms with van der Waals surface area (Å²) < 4.78 is 0. The van der Waals surface area contributed by atoms with Gasteiger partial charge in [-0.2, -0.15) is 0 Å². The summed E-state index contributed by atoms with van der Waals surface area (Å²) in [5.41, 5.74) is 0. The topological polar surface area (TPSA) is 61.4 Å². The number of nitrogens with one attached hydrogen (secondary N) is 2. The average Bonchev–Trinajstić information content (AvgIpc) is 3.20. The molecule has 19 heavy (non-hydrogen) atoms. The second-order valence-corrected chi connectivity index (χ2v) is 6.18. The first-order chi connectivity index (χ1) is 9.22. The molecule has 0 spiro atoms. The van der Waals surface area contributed by atoms with Crippen LogP contribution in [0.15, 0.2) is 0 Å². The second kappa shape index (κ2) is 5.49. The van der Waals surface area contributed by atoms with Crippen LogP contribution in [0.4, 0.5) is 0 Å². The van der Waals surface area contributed by atoms with Crippen LogP contribution < -0.4 is 10.6 Å². The molecule has 1 heterocycles. The van der Waals surface area contributed by atoms with Crippen molar-refractivity contribution in [3.05, 3.63) is 0 Å². The Bertz CT molecular complexity index is 368. The van der Waals surface area contributed by atoms with E-state index in [1.165, 1.54) is 25.7 Å². The zero-order valence-electron chi connectivity index (χ0n) is 11.4. The summed E-state index contributed by atoms with van der Waals surface area (Å²) in [5.74, 6) is 0.847. The fraction of sp³-hybridized carbons (Fsp3) is 0.857. The molecule has 2 aliphatic carbocycles. The number of carbonyl (C=O) groups is 2. The fourth-order valence-corrected chi connectivity index (χ4v) is 3.26. The molecule has 106 valence electrons. The van der Waals surface area contributed by atoms with Gasteiger partial charge in [-0.05, 0) is 31.6 Å². The Hall–Kier alpha value is -1.10. The second-order valence-electron chi connectivity index (χ2n) is 6.18. The van der Waals surface area contributed by atoms with Gasteiger partial charge in [0.2, 0.25) is 11.8 Å². The van der Waals surface area contributed by atoms with E-state index in [1.54, 1.807) is 0 Å². The van der Waals surface area contributed by atoms with Gasteiger partial charge in [0.1, 0.15) is 0 Å². The van der Waals surface area contributed by atoms with Crippen LogP contribution in [0, 0.1) is 5.92 Å². The molecule has 0 radical (unpaired) electrons. The van der Waals surface area contributed by atoms with Crippen LogP contribution in [-0.2, 0) is 9.59 Å². The van der Waals surface area contributed by atoms with Crippen molar-refractivity contribution < 1.29 is 9.59 Å². The summed E-state index contributed by atoms with van der Waals surface area (Å²) >= 11 is 0. The molecule has 5 heteroatoms. The SMILES string of the molecule is O=C(CN1CC(=O)N[C@H]2CCCC[C@@H]21)NCC1CC1. The van der Waals surface area contributed by atoms with Crippen LogP contribution in [0.3, 0.4) is 0 Å². The number of hydrogen-bond acceptors (Lipinski definition) is 3. The maximum atomic E-state index is 11.9. The van der Waals surface area contributed by atoms with E-state index in [0.29, 0.717) is 25.0 Å². The lowest BCUT2D eigenvalue weighted by atomic mass is 9.87. The quantitative estimate of drug-likeness (QED) is 0.766. The molecule has 5 nitrogen and oxygen atoms in total. The first kappa shape index (κ1) is 12.9. The number of rotatable bonds is 4. The standard InChI is InChI=1S/C14H23N3O2/c18-13(15-7-10-5-6-10)8-17-9-14(19)16-11-3-1-2-4-12(11)17/h10-12H,1-9H2,(H,15,18)(H,16,19)/t11-,12-/m0/s1. The Labute approximate surface area is 114 Å². The average molecular weight is 265 g/mol. The lowest BCUT2D eigenvalue weighted by molar-refractivity contribution is -0.131. The summed E-state index contributed by atoms with van der Waals surface area (Å²) in [7, 11) is 0. The van der Waals surface area contributed by atoms with Crippen molar-refractivity contribution in [2.75, 3.05) is 19.6 Å². The predicted molar refractivity (Wildman–Crippen MR) is 71.5 cm³/mol. The number of hydrogen-bond donors (Lipinski definition) is 2. The third-order valence-electron chi connectivity index (χ3n) is 4.52. The molecular weight excluding hydrogens is 242 g/mol. The lowest BCUT2D eigenvalue weighted by Crippen LogP contribution is -2.62. The van der Waals surface area contributed by atoms with E-state index < -0.39 is 0 Å². The van der Waals surface area contributed by atoms with Crippen LogP contribution >= 0.6 is 0 Å². The van der Waals surface area contributed by atoms with Gasteiger partial charge in [0.05, 0.1) is 13.1 Å². The maximum absolute atomic E-state index is 11.9. The number of amides is 2. The molecule has 0 bridgehead atoms. The lowest BCUT2D eigenvalue weighted by Gasteiger charge is -2.43. The predicted octanol–water partition coefficient (Wildman–Crippen LogP) is 0.256. The van der Waals surface area contributed by atoms with Gasteiger partial charge in [0, 0.05) is 18.6 Å². The van der Waals surface area contributed by atoms with Crippen molar-refractivity contribution in [3.63, 3.8) is 0 Å². The minimum Gasteiger partial charge on any atom is -0.355 e. The van der Waals surface area contributed by atoms with Crippen LogP contribution in [0.5, 0.6) is 0 Å². The third-order valence-corrected chi connectivity index (χ3v) is 4.52. The number of piperazine rings is 1. The molecule has 2 saturated carbocycles. The molecular formula is C14H23N3O2. The highest BCUT2D eigenvalue weighted by Crippen LogP contribution is 2.28. The molecule has 0 unspecified atom stereocenters. The van der Waals surface area contributed by atoms with Gasteiger partial charge in [-0.15, -0.1) is 0 Å². The molecule has 0 aromatic rings. The van der Waals surface area contributed by atoms with E-state index in [9.17, 15) is 9.59 Å². The molecule has 0 aromatic heterocycles. The molecule has 3 fully saturated rings. The Balaban J connectivity index is 1.54. The molecule has 2 amide bonds. The van der Waals surface area contributed by atoms with Crippen molar-refractivity contribution >= 4 is 11.8 Å². The van der Waals surface area contributed by atoms with Gasteiger partial charge in [-0.25, -0.2) is 0 Å². The van der Waals surface area contributed by atoms with Crippen molar-refractivity contribution in [2.24, 2.45) is 5.92 Å². The third kappa shape index (κ3) is 3.26. The minimum atomic E-state index is 0.0677. The summed E-state index contributed by atoms with van der Waals surface area (Å²) in [5, 5.41) is 6.06. The molecule has 3 rings (SSSR count). The zero-order valence-corrected chi connectivity index (χ0v) is 11.4. The van der Waals surface area contributed by atoms with Crippen LogP contribution in [-0.4, -0.2) is 48.4 Å². The molecule has 1 aliphatic heterocycles. The monoisotopic (exact) mass is 265 g/mol. The highest BCUT2D eigenvalue weighted by atomic mass is 16.2. The van der Waals surface area contributed by atoms with Crippen molar-refractivity contribution in [2.45, 2.75) is 50.6 Å². The number of carbonyl (C=O) groups excluding carboxylic acids is 2. The molecule has 2 atom stereocenters. The van der Waals surface area contributed by atoms with Crippen LogP contribution in [0.25, 0.3) is 0 Å². The largest absolute Gasteiger partial charge is 0.355 e. The van der Waals surface area contributed by atoms with E-state index in [4.69, 9.17) is 0 Å². The highest BCUT2D eigenvalue weighted by molar-refractivity contribution is 5.82. The molecule has 1 saturated heterocycles. The first-order valence-electron chi connectivity index (χ1n) is 7.52. The van der Waals surface area contributed by atoms with Gasteiger partial charge in [-0.3, -0.25) is 14.5 Å². The maximum Gasteiger partial charge on any atom is 0.234 e. The van der Waals surface area contributed by atoms with Crippen molar-refractivity contribution in [1.29, 1.82) is 0 Å². The van der Waals surface area contributed by atoms with Crippen LogP contribution in [0.1, 0.15) is 38.5 Å². The Morgan fingerprint density at radius 2 is 2.05 bits per heavy atom. The van der Waals surface area contributed by atoms with Crippen LogP contribution in [0.2, 0.25) is 0 Å². The van der Waals surface area contributed by atoms with E-state index in [-0.39, 0.29) is 17.9 Å². The van der Waals surface area contributed by atoms with E-state index in [2.05, 4.69) is 15.5 Å². The van der Waals surface area contributed by atoms with Gasteiger partial charge >= 0.3 is 0 Å². The van der Waals surface area contributed by atoms with E-state index >= 15 is 0 Å². The van der Waals surface area contributed by atoms with Gasteiger partial charge < -0.3 is 10.6 Å². The normalized spacial score (nSPS) is 31.5. The smallest absolute Gasteiger partial charge is 0.234 e. The Morgan fingerprint density at radius 3 is 2.84 bits per heavy atom. The highest BCUT2D eigenvalue weighted by Gasteiger charge is 2.37. The summed E-state index contributed by atoms with van der Waals surface area (Å²) in [6.45, 7) is 1.56. The van der Waals surface area contributed by atoms with Gasteiger partial charge in [-0.1, -0.05) is 12.8 Å². The van der Waals surface area contributed by atoms with Gasteiger partial charge in [0.15, 0.2) is 0 Å². The van der Waals surface area contributed by atoms with Crippen molar-refractivity contribution in [1.82, 2.24) is 15.5 Å². The summed E-state index contributed by atoms with van der Waals surface area (Å²) in [4.78, 5) is 25.7. The molecule has 0 aromatic carbocycles. The zero-order chi connectivity index (χ0) is 13.2. The van der Waals surface area contributed by atoms with Crippen molar-refractivity contribution in [3.8, 4) is 0 Å². The number of fused-ring (bicyclic) bond motifs is 1. The van der Waals surface area contributed by atoms with E-state index in [1.807, 2.05) is 0 Å². The molecule has 3 aliphatic rings. The van der Waals surface area contributed by atoms with Gasteiger partial charge in [0.25, 0.3) is 0 Å². The first-order valence-corrected chi connectivity index (χ1v) is 7.52. The minimum absolute atomic E-state index is 0.0677. The van der Waals surface area contributed by atoms with E-state index in [0.717, 1.165) is 19.4 Å². The Morgan fingerprint density at radius 1 is 1.26 bits per heavy atom. The summed E-state index contributed by atoms with van der Waals surface area (Å²) in [6, 6.07) is 0.615. The summed E-state index contributed by atoms with van der Waals surface area (Å²) in [6.07, 6.45) is 7.03. The molecule has 2 N–H and O–H groups in total.